The lowest BCUT2D eigenvalue weighted by atomic mass is 10.2. The second-order valence-corrected chi connectivity index (χ2v) is 3.52. The number of rotatable bonds is 1. The first-order chi connectivity index (χ1) is 6.79. The molecule has 0 saturated carbocycles. The predicted octanol–water partition coefficient (Wildman–Crippen LogP) is -0.156. The average molecular weight is 194 g/mol. The highest BCUT2D eigenvalue weighted by Gasteiger charge is 2.24. The number of hydrogen-bond donors (Lipinski definition) is 2. The number of H-pyrrole nitrogens is 1. The predicted molar refractivity (Wildman–Crippen MR) is 52.0 cm³/mol. The molecule has 76 valence electrons. The van der Waals surface area contributed by atoms with Crippen molar-refractivity contribution < 1.29 is 4.79 Å². The molecule has 5 nitrogen and oxygen atoms in total. The van der Waals surface area contributed by atoms with Gasteiger partial charge in [0.1, 0.15) is 5.69 Å². The fraction of sp³-hybridized carbons (Fsp3) is 0.556. The van der Waals surface area contributed by atoms with Crippen LogP contribution in [-0.4, -0.2) is 46.5 Å². The summed E-state index contributed by atoms with van der Waals surface area (Å²) in [5, 5.41) is 3.24. The Balaban J connectivity index is 2.10. The Morgan fingerprint density at radius 1 is 1.71 bits per heavy atom. The molecule has 1 aromatic rings. The van der Waals surface area contributed by atoms with Crippen LogP contribution in [0.25, 0.3) is 0 Å². The van der Waals surface area contributed by atoms with E-state index in [1.165, 1.54) is 6.33 Å². The summed E-state index contributed by atoms with van der Waals surface area (Å²) in [7, 11) is 0. The van der Waals surface area contributed by atoms with Gasteiger partial charge in [-0.2, -0.15) is 0 Å². The Morgan fingerprint density at radius 3 is 3.21 bits per heavy atom. The Bertz CT molecular complexity index is 309. The third-order valence-electron chi connectivity index (χ3n) is 2.49. The number of carbonyl (C=O) groups excluding carboxylic acids is 1. The molecular formula is C9H14N4O. The third kappa shape index (κ3) is 1.63. The van der Waals surface area contributed by atoms with Crippen molar-refractivity contribution >= 4 is 5.91 Å². The summed E-state index contributed by atoms with van der Waals surface area (Å²) < 4.78 is 0. The number of nitrogens with zero attached hydrogens (tertiary/aromatic N) is 2. The van der Waals surface area contributed by atoms with Crippen LogP contribution in [0.15, 0.2) is 12.5 Å². The number of aromatic nitrogens is 2. The Hall–Kier alpha value is -1.36. The van der Waals surface area contributed by atoms with Gasteiger partial charge in [0.2, 0.25) is 0 Å². The highest BCUT2D eigenvalue weighted by Crippen LogP contribution is 2.07. The molecular weight excluding hydrogens is 180 g/mol. The fourth-order valence-corrected chi connectivity index (χ4v) is 1.67. The van der Waals surface area contributed by atoms with E-state index in [9.17, 15) is 4.79 Å². The van der Waals surface area contributed by atoms with Crippen LogP contribution in [0.2, 0.25) is 0 Å². The van der Waals surface area contributed by atoms with E-state index in [1.54, 1.807) is 6.20 Å². The number of imidazole rings is 1. The van der Waals surface area contributed by atoms with Crippen molar-refractivity contribution in [2.75, 3.05) is 19.6 Å². The Kier molecular flexibility index (Phi) is 2.49. The van der Waals surface area contributed by atoms with Crippen LogP contribution >= 0.6 is 0 Å². The minimum absolute atomic E-state index is 0.0384. The normalized spacial score (nSPS) is 22.4. The van der Waals surface area contributed by atoms with Gasteiger partial charge in [-0.3, -0.25) is 4.79 Å². The zero-order chi connectivity index (χ0) is 9.97. The van der Waals surface area contributed by atoms with Crippen LogP contribution in [0.1, 0.15) is 17.4 Å². The lowest BCUT2D eigenvalue weighted by Gasteiger charge is -2.33. The summed E-state index contributed by atoms with van der Waals surface area (Å²) in [5.41, 5.74) is 0.568. The molecule has 0 radical (unpaired) electrons. The van der Waals surface area contributed by atoms with E-state index in [0.717, 1.165) is 19.6 Å². The number of aromatic amines is 1. The standard InChI is InChI=1S/C9H14N4O/c1-7-4-10-2-3-13(7)9(14)8-5-11-6-12-8/h5-7,10H,2-4H2,1H3,(H,11,12)/t7-/m0/s1. The molecule has 1 fully saturated rings. The number of carbonyl (C=O) groups is 1. The SMILES string of the molecule is C[C@H]1CNCCN1C(=O)c1cnc[nH]1. The molecule has 2 rings (SSSR count). The molecule has 2 heterocycles. The molecule has 1 aliphatic rings. The van der Waals surface area contributed by atoms with Crippen molar-refractivity contribution in [2.24, 2.45) is 0 Å². The van der Waals surface area contributed by atoms with Crippen LogP contribution < -0.4 is 5.32 Å². The van der Waals surface area contributed by atoms with E-state index in [1.807, 2.05) is 11.8 Å². The number of amides is 1. The molecule has 0 aliphatic carbocycles. The molecule has 2 N–H and O–H groups in total. The molecule has 0 bridgehead atoms. The highest BCUT2D eigenvalue weighted by molar-refractivity contribution is 5.92. The number of nitrogens with one attached hydrogen (secondary N) is 2. The first-order valence-electron chi connectivity index (χ1n) is 4.79. The topological polar surface area (TPSA) is 61.0 Å². The largest absolute Gasteiger partial charge is 0.341 e. The van der Waals surface area contributed by atoms with E-state index >= 15 is 0 Å². The monoisotopic (exact) mass is 194 g/mol. The molecule has 0 spiro atoms. The van der Waals surface area contributed by atoms with Crippen LogP contribution in [0.3, 0.4) is 0 Å². The smallest absolute Gasteiger partial charge is 0.272 e. The van der Waals surface area contributed by atoms with Gasteiger partial charge in [-0.05, 0) is 6.92 Å². The van der Waals surface area contributed by atoms with Crippen LogP contribution in [0, 0.1) is 0 Å². The maximum absolute atomic E-state index is 11.9. The van der Waals surface area contributed by atoms with Gasteiger partial charge in [0, 0.05) is 25.7 Å². The summed E-state index contributed by atoms with van der Waals surface area (Å²) in [4.78, 5) is 20.4. The number of hydrogen-bond acceptors (Lipinski definition) is 3. The molecule has 1 amide bonds. The van der Waals surface area contributed by atoms with Gasteiger partial charge in [0.05, 0.1) is 12.5 Å². The van der Waals surface area contributed by atoms with Crippen molar-refractivity contribution in [1.82, 2.24) is 20.2 Å². The number of piperazine rings is 1. The zero-order valence-electron chi connectivity index (χ0n) is 8.16. The Morgan fingerprint density at radius 2 is 2.57 bits per heavy atom. The van der Waals surface area contributed by atoms with Crippen LogP contribution in [0.4, 0.5) is 0 Å². The van der Waals surface area contributed by atoms with Crippen LogP contribution in [-0.2, 0) is 0 Å². The van der Waals surface area contributed by atoms with Gasteiger partial charge >= 0.3 is 0 Å². The summed E-state index contributed by atoms with van der Waals surface area (Å²) in [6, 6.07) is 0.250. The zero-order valence-corrected chi connectivity index (χ0v) is 8.16. The van der Waals surface area contributed by atoms with E-state index in [0.29, 0.717) is 5.69 Å². The van der Waals surface area contributed by atoms with Gasteiger partial charge in [-0.15, -0.1) is 0 Å². The molecule has 1 atom stereocenters. The van der Waals surface area contributed by atoms with Gasteiger partial charge in [-0.1, -0.05) is 0 Å². The van der Waals surface area contributed by atoms with E-state index < -0.39 is 0 Å². The van der Waals surface area contributed by atoms with Gasteiger partial charge in [0.25, 0.3) is 5.91 Å². The summed E-state index contributed by atoms with van der Waals surface area (Å²) >= 11 is 0. The van der Waals surface area contributed by atoms with Crippen LogP contribution in [0.5, 0.6) is 0 Å². The van der Waals surface area contributed by atoms with Crippen molar-refractivity contribution in [3.63, 3.8) is 0 Å². The second kappa shape index (κ2) is 3.79. The Labute approximate surface area is 82.5 Å². The quantitative estimate of drug-likeness (QED) is 0.653. The summed E-state index contributed by atoms with van der Waals surface area (Å²) in [6.45, 7) is 4.53. The molecule has 1 saturated heterocycles. The second-order valence-electron chi connectivity index (χ2n) is 3.52. The maximum atomic E-state index is 11.9. The first-order valence-corrected chi connectivity index (χ1v) is 4.79. The molecule has 0 aromatic carbocycles. The molecule has 14 heavy (non-hydrogen) atoms. The van der Waals surface area contributed by atoms with Gasteiger partial charge in [-0.25, -0.2) is 4.98 Å². The summed E-state index contributed by atoms with van der Waals surface area (Å²) in [5.74, 6) is 0.0384. The lowest BCUT2D eigenvalue weighted by molar-refractivity contribution is 0.0650. The van der Waals surface area contributed by atoms with E-state index in [2.05, 4.69) is 15.3 Å². The molecule has 1 aliphatic heterocycles. The van der Waals surface area contributed by atoms with Crippen molar-refractivity contribution in [2.45, 2.75) is 13.0 Å². The van der Waals surface area contributed by atoms with E-state index in [4.69, 9.17) is 0 Å². The van der Waals surface area contributed by atoms with Gasteiger partial charge < -0.3 is 15.2 Å². The van der Waals surface area contributed by atoms with Crippen molar-refractivity contribution in [3.05, 3.63) is 18.2 Å². The first kappa shape index (κ1) is 9.21. The average Bonchev–Trinajstić information content (AvgIpc) is 2.70. The van der Waals surface area contributed by atoms with Crippen molar-refractivity contribution in [1.29, 1.82) is 0 Å². The van der Waals surface area contributed by atoms with E-state index in [-0.39, 0.29) is 11.9 Å². The third-order valence-corrected chi connectivity index (χ3v) is 2.49. The lowest BCUT2D eigenvalue weighted by Crippen LogP contribution is -2.52. The maximum Gasteiger partial charge on any atom is 0.272 e. The molecule has 5 heteroatoms. The molecule has 0 unspecified atom stereocenters. The minimum Gasteiger partial charge on any atom is -0.341 e. The van der Waals surface area contributed by atoms with Crippen molar-refractivity contribution in [3.8, 4) is 0 Å². The highest BCUT2D eigenvalue weighted by atomic mass is 16.2. The fourth-order valence-electron chi connectivity index (χ4n) is 1.67. The summed E-state index contributed by atoms with van der Waals surface area (Å²) in [6.07, 6.45) is 3.09. The van der Waals surface area contributed by atoms with Gasteiger partial charge in [0.15, 0.2) is 0 Å². The molecule has 1 aromatic heterocycles. The minimum atomic E-state index is 0.0384.